The summed E-state index contributed by atoms with van der Waals surface area (Å²) in [5.74, 6) is 2.39. The molecule has 1 fully saturated rings. The maximum absolute atomic E-state index is 6.36. The van der Waals surface area contributed by atoms with Gasteiger partial charge >= 0.3 is 0 Å². The number of aromatic amines is 1. The Bertz CT molecular complexity index is 1530. The van der Waals surface area contributed by atoms with Crippen LogP contribution < -0.4 is 4.74 Å². The van der Waals surface area contributed by atoms with E-state index in [-0.39, 0.29) is 0 Å². The van der Waals surface area contributed by atoms with Gasteiger partial charge in [0.15, 0.2) is 0 Å². The molecule has 6 rings (SSSR count). The molecule has 9 nitrogen and oxygen atoms in total. The van der Waals surface area contributed by atoms with Crippen molar-refractivity contribution in [2.45, 2.75) is 19.3 Å². The van der Waals surface area contributed by atoms with Gasteiger partial charge in [0.25, 0.3) is 0 Å². The average Bonchev–Trinajstić information content (AvgIpc) is 3.60. The Hall–Kier alpha value is -3.18. The summed E-state index contributed by atoms with van der Waals surface area (Å²) in [6.07, 6.45) is 5.75. The summed E-state index contributed by atoms with van der Waals surface area (Å²) >= 11 is 8.09. The van der Waals surface area contributed by atoms with Crippen LogP contribution in [0, 0.1) is 6.20 Å². The first kappa shape index (κ1) is 25.1. The molecule has 1 saturated heterocycles. The van der Waals surface area contributed by atoms with Gasteiger partial charge in [-0.3, -0.25) is 0 Å². The Morgan fingerprint density at radius 1 is 1.08 bits per heavy atom. The lowest BCUT2D eigenvalue weighted by Gasteiger charge is -2.34. The van der Waals surface area contributed by atoms with E-state index >= 15 is 0 Å². The van der Waals surface area contributed by atoms with E-state index in [1.165, 1.54) is 10.3 Å². The lowest BCUT2D eigenvalue weighted by molar-refractivity contribution is 0.133. The van der Waals surface area contributed by atoms with Gasteiger partial charge < -0.3 is 14.5 Å². The van der Waals surface area contributed by atoms with Crippen LogP contribution in [0.15, 0.2) is 36.4 Å². The topological polar surface area (TPSA) is 96.0 Å². The summed E-state index contributed by atoms with van der Waals surface area (Å²) in [6.45, 7) is 6.11. The van der Waals surface area contributed by atoms with Crippen LogP contribution in [0.5, 0.6) is 5.75 Å². The highest BCUT2D eigenvalue weighted by Crippen LogP contribution is 2.36. The number of aromatic nitrogens is 6. The number of hydrogen-bond acceptors (Lipinski definition) is 9. The molecule has 11 heteroatoms. The number of hydrogen-bond donors (Lipinski definition) is 1. The fraction of sp³-hybridized carbons (Fsp3) is 0.370. The monoisotopic (exact) mass is 547 g/mol. The van der Waals surface area contributed by atoms with E-state index < -0.39 is 0 Å². The number of piperazine rings is 1. The number of nitrogens with zero attached hydrogens (tertiary/aromatic N) is 7. The predicted octanol–water partition coefficient (Wildman–Crippen LogP) is 3.81. The third-order valence-corrected chi connectivity index (χ3v) is 8.56. The number of H-pyrrole nitrogens is 1. The van der Waals surface area contributed by atoms with E-state index in [4.69, 9.17) is 21.3 Å². The van der Waals surface area contributed by atoms with Crippen molar-refractivity contribution in [3.8, 4) is 5.75 Å². The normalized spacial score (nSPS) is 15.0. The third-order valence-electron chi connectivity index (χ3n) is 7.09. The number of methoxy groups -OCH3 is 1. The molecular weight excluding hydrogens is 520 g/mol. The molecule has 2 aromatic carbocycles. The van der Waals surface area contributed by atoms with Gasteiger partial charge in [0, 0.05) is 67.6 Å². The van der Waals surface area contributed by atoms with Crippen LogP contribution in [0.3, 0.4) is 0 Å². The van der Waals surface area contributed by atoms with Crippen molar-refractivity contribution >= 4 is 43.2 Å². The minimum Gasteiger partial charge on any atom is -0.495 e. The summed E-state index contributed by atoms with van der Waals surface area (Å²) in [4.78, 5) is 15.5. The van der Waals surface area contributed by atoms with Crippen LogP contribution in [-0.2, 0) is 19.3 Å². The van der Waals surface area contributed by atoms with E-state index in [0.29, 0.717) is 10.8 Å². The van der Waals surface area contributed by atoms with Crippen molar-refractivity contribution in [3.63, 3.8) is 0 Å². The quantitative estimate of drug-likeness (QED) is 0.297. The van der Waals surface area contributed by atoms with Gasteiger partial charge in [-0.25, -0.2) is 15.1 Å². The largest absolute Gasteiger partial charge is 0.495 e. The Morgan fingerprint density at radius 2 is 1.89 bits per heavy atom. The molecule has 1 N–H and O–H groups in total. The SMILES string of the molecule is COc1ccc(Cc2cccc3c2sc2nc(CCN4CCN(CCc5nnn[nH]5)CC4)n[c]c23)cc1Cl. The number of benzene rings is 2. The molecule has 195 valence electrons. The molecule has 0 aliphatic carbocycles. The second-order valence-corrected chi connectivity index (χ2v) is 10.9. The number of tetrazole rings is 1. The minimum absolute atomic E-state index is 0.628. The Labute approximate surface area is 229 Å². The molecule has 0 saturated carbocycles. The maximum atomic E-state index is 6.36. The smallest absolute Gasteiger partial charge is 0.149 e. The van der Waals surface area contributed by atoms with E-state index in [1.807, 2.05) is 12.1 Å². The first-order valence-electron chi connectivity index (χ1n) is 12.7. The highest BCUT2D eigenvalue weighted by Gasteiger charge is 2.18. The number of nitrogens with one attached hydrogen (secondary N) is 1. The summed E-state index contributed by atoms with van der Waals surface area (Å²) < 4.78 is 6.53. The number of fused-ring (bicyclic) bond motifs is 3. The maximum Gasteiger partial charge on any atom is 0.149 e. The molecule has 38 heavy (non-hydrogen) atoms. The fourth-order valence-electron chi connectivity index (χ4n) is 4.95. The van der Waals surface area contributed by atoms with Gasteiger partial charge in [0.2, 0.25) is 0 Å². The van der Waals surface area contributed by atoms with Gasteiger partial charge in [0.1, 0.15) is 28.4 Å². The molecule has 0 unspecified atom stereocenters. The standard InChI is InChI=1S/C27H28ClN8OS/c1-37-23-6-5-18(16-22(23)28)15-19-3-2-4-20-21-17-29-24(30-27(21)38-26(19)20)7-9-35-11-13-36(14-12-35)10-8-25-31-33-34-32-25/h2-6,16H,7-15H2,1H3,(H,31,32,33,34). The third kappa shape index (κ3) is 5.49. The summed E-state index contributed by atoms with van der Waals surface area (Å²) in [6, 6.07) is 12.4. The molecule has 1 aliphatic rings. The van der Waals surface area contributed by atoms with E-state index in [9.17, 15) is 0 Å². The van der Waals surface area contributed by atoms with Crippen molar-refractivity contribution in [2.75, 3.05) is 46.4 Å². The van der Waals surface area contributed by atoms with Crippen LogP contribution in [0.1, 0.15) is 22.8 Å². The molecular formula is C27H28ClN8OS. The zero-order valence-electron chi connectivity index (χ0n) is 21.2. The van der Waals surface area contributed by atoms with Crippen molar-refractivity contribution in [3.05, 3.63) is 70.4 Å². The number of halogens is 1. The second kappa shape index (κ2) is 11.3. The molecule has 1 radical (unpaired) electrons. The zero-order valence-corrected chi connectivity index (χ0v) is 22.7. The second-order valence-electron chi connectivity index (χ2n) is 9.50. The molecule has 0 amide bonds. The average molecular weight is 548 g/mol. The Morgan fingerprint density at radius 3 is 2.63 bits per heavy atom. The lowest BCUT2D eigenvalue weighted by atomic mass is 10.0. The van der Waals surface area contributed by atoms with Crippen molar-refractivity contribution < 1.29 is 4.74 Å². The van der Waals surface area contributed by atoms with Crippen LogP contribution in [-0.4, -0.2) is 86.8 Å². The molecule has 1 aliphatic heterocycles. The van der Waals surface area contributed by atoms with Crippen LogP contribution in [0.2, 0.25) is 5.02 Å². The van der Waals surface area contributed by atoms with Gasteiger partial charge in [-0.05, 0) is 40.1 Å². The van der Waals surface area contributed by atoms with Crippen molar-refractivity contribution in [1.82, 2.24) is 40.4 Å². The lowest BCUT2D eigenvalue weighted by Crippen LogP contribution is -2.47. The van der Waals surface area contributed by atoms with Crippen LogP contribution in [0.4, 0.5) is 0 Å². The summed E-state index contributed by atoms with van der Waals surface area (Å²) in [7, 11) is 1.63. The fourth-order valence-corrected chi connectivity index (χ4v) is 6.38. The number of thiophene rings is 1. The van der Waals surface area contributed by atoms with Gasteiger partial charge in [-0.15, -0.1) is 16.4 Å². The number of rotatable bonds is 9. The molecule has 0 bridgehead atoms. The summed E-state index contributed by atoms with van der Waals surface area (Å²) in [5.41, 5.74) is 2.39. The first-order chi connectivity index (χ1) is 18.7. The molecule has 5 aromatic rings. The Kier molecular flexibility index (Phi) is 7.46. The predicted molar refractivity (Wildman–Crippen MR) is 149 cm³/mol. The van der Waals surface area contributed by atoms with Gasteiger partial charge in [0.05, 0.1) is 12.1 Å². The molecule has 4 heterocycles. The zero-order chi connectivity index (χ0) is 25.9. The number of ether oxygens (including phenoxy) is 1. The minimum atomic E-state index is 0.628. The highest BCUT2D eigenvalue weighted by atomic mass is 35.5. The van der Waals surface area contributed by atoms with Crippen LogP contribution in [0.25, 0.3) is 20.3 Å². The first-order valence-corrected chi connectivity index (χ1v) is 13.9. The molecule has 0 spiro atoms. The molecule has 3 aromatic heterocycles. The van der Waals surface area contributed by atoms with E-state index in [2.05, 4.69) is 65.9 Å². The molecule has 0 atom stereocenters. The van der Waals surface area contributed by atoms with Crippen LogP contribution >= 0.6 is 22.9 Å². The Balaban J connectivity index is 1.10. The van der Waals surface area contributed by atoms with Gasteiger partial charge in [-0.1, -0.05) is 35.9 Å². The van der Waals surface area contributed by atoms with E-state index in [1.54, 1.807) is 18.4 Å². The summed E-state index contributed by atoms with van der Waals surface area (Å²) in [5, 5.41) is 16.9. The van der Waals surface area contributed by atoms with Crippen molar-refractivity contribution in [1.29, 1.82) is 0 Å². The van der Waals surface area contributed by atoms with Gasteiger partial charge in [-0.2, -0.15) is 0 Å². The van der Waals surface area contributed by atoms with Crippen molar-refractivity contribution in [2.24, 2.45) is 0 Å². The van der Waals surface area contributed by atoms with E-state index in [0.717, 1.165) is 91.3 Å². The highest BCUT2D eigenvalue weighted by molar-refractivity contribution is 7.25.